The van der Waals surface area contributed by atoms with Crippen molar-refractivity contribution in [1.82, 2.24) is 9.88 Å². The highest BCUT2D eigenvalue weighted by molar-refractivity contribution is 7.89. The number of rotatable bonds is 5. The van der Waals surface area contributed by atoms with Gasteiger partial charge in [0.15, 0.2) is 0 Å². The van der Waals surface area contributed by atoms with Gasteiger partial charge in [0.25, 0.3) is 0 Å². The summed E-state index contributed by atoms with van der Waals surface area (Å²) in [5.41, 5.74) is 0. The highest BCUT2D eigenvalue weighted by Gasteiger charge is 2.16. The van der Waals surface area contributed by atoms with Crippen molar-refractivity contribution in [2.75, 3.05) is 26.2 Å². The summed E-state index contributed by atoms with van der Waals surface area (Å²) in [4.78, 5) is 6.12. The lowest BCUT2D eigenvalue weighted by molar-refractivity contribution is 0.227. The Morgan fingerprint density at radius 1 is 1.39 bits per heavy atom. The average Bonchev–Trinajstić information content (AvgIpc) is 2.81. The number of nitrogens with zero attached hydrogens (tertiary/aromatic N) is 2. The predicted octanol–water partition coefficient (Wildman–Crippen LogP) is 0.204. The Labute approximate surface area is 107 Å². The third kappa shape index (κ3) is 3.41. The van der Waals surface area contributed by atoms with Crippen LogP contribution in [0.2, 0.25) is 0 Å². The van der Waals surface area contributed by atoms with Crippen LogP contribution in [-0.4, -0.2) is 44.5 Å². The van der Waals surface area contributed by atoms with Gasteiger partial charge in [-0.1, -0.05) is 0 Å². The minimum absolute atomic E-state index is 0.0635. The van der Waals surface area contributed by atoms with Gasteiger partial charge >= 0.3 is 0 Å². The molecule has 0 amide bonds. The monoisotopic (exact) mass is 271 g/mol. The molecule has 18 heavy (non-hydrogen) atoms. The van der Waals surface area contributed by atoms with E-state index in [9.17, 15) is 8.42 Å². The molecule has 6 nitrogen and oxygen atoms in total. The second kappa shape index (κ2) is 5.64. The van der Waals surface area contributed by atoms with Gasteiger partial charge in [0.2, 0.25) is 15.9 Å². The molecule has 1 fully saturated rings. The summed E-state index contributed by atoms with van der Waals surface area (Å²) in [5, 5.41) is 5.09. The molecule has 0 bridgehead atoms. The Hall–Kier alpha value is -1.18. The van der Waals surface area contributed by atoms with Crippen LogP contribution >= 0.6 is 0 Å². The van der Waals surface area contributed by atoms with Crippen molar-refractivity contribution < 1.29 is 13.2 Å². The normalized spacial score (nSPS) is 16.9. The molecule has 1 aromatic rings. The Morgan fingerprint density at radius 2 is 2.11 bits per heavy atom. The van der Waals surface area contributed by atoms with Crippen molar-refractivity contribution in [3.8, 4) is 5.88 Å². The van der Waals surface area contributed by atoms with Crippen LogP contribution in [0.25, 0.3) is 0 Å². The summed E-state index contributed by atoms with van der Waals surface area (Å²) < 4.78 is 28.1. The van der Waals surface area contributed by atoms with E-state index in [1.54, 1.807) is 0 Å². The van der Waals surface area contributed by atoms with Gasteiger partial charge < -0.3 is 4.74 Å². The van der Waals surface area contributed by atoms with Gasteiger partial charge in [-0.25, -0.2) is 18.5 Å². The predicted molar refractivity (Wildman–Crippen MR) is 66.8 cm³/mol. The van der Waals surface area contributed by atoms with Crippen LogP contribution in [0.1, 0.15) is 12.8 Å². The summed E-state index contributed by atoms with van der Waals surface area (Å²) in [6.45, 7) is 3.35. The highest BCUT2D eigenvalue weighted by Crippen LogP contribution is 2.18. The van der Waals surface area contributed by atoms with Gasteiger partial charge in [-0.3, -0.25) is 4.90 Å². The zero-order chi connectivity index (χ0) is 13.0. The van der Waals surface area contributed by atoms with Crippen molar-refractivity contribution in [1.29, 1.82) is 0 Å². The molecule has 0 atom stereocenters. The van der Waals surface area contributed by atoms with E-state index in [4.69, 9.17) is 9.88 Å². The number of nitrogens with two attached hydrogens (primary N) is 1. The SMILES string of the molecule is NS(=O)(=O)c1cccnc1OCCN1CCCC1. The third-order valence-electron chi connectivity index (χ3n) is 2.89. The molecule has 2 rings (SSSR count). The molecule has 1 saturated heterocycles. The number of hydrogen-bond acceptors (Lipinski definition) is 5. The lowest BCUT2D eigenvalue weighted by Crippen LogP contribution is -2.25. The molecule has 2 heterocycles. The average molecular weight is 271 g/mol. The lowest BCUT2D eigenvalue weighted by atomic mass is 10.4. The van der Waals surface area contributed by atoms with E-state index in [1.807, 2.05) is 0 Å². The van der Waals surface area contributed by atoms with Crippen LogP contribution in [0.3, 0.4) is 0 Å². The van der Waals surface area contributed by atoms with Crippen LogP contribution in [0, 0.1) is 0 Å². The van der Waals surface area contributed by atoms with Crippen molar-refractivity contribution in [3.05, 3.63) is 18.3 Å². The van der Waals surface area contributed by atoms with Crippen LogP contribution in [0.15, 0.2) is 23.2 Å². The molecule has 0 saturated carbocycles. The lowest BCUT2D eigenvalue weighted by Gasteiger charge is -2.15. The maximum Gasteiger partial charge on any atom is 0.243 e. The molecule has 100 valence electrons. The first kappa shape index (κ1) is 13.3. The van der Waals surface area contributed by atoms with Gasteiger partial charge in [-0.2, -0.15) is 0 Å². The van der Waals surface area contributed by atoms with E-state index in [-0.39, 0.29) is 10.8 Å². The van der Waals surface area contributed by atoms with E-state index in [2.05, 4.69) is 9.88 Å². The summed E-state index contributed by atoms with van der Waals surface area (Å²) in [5.74, 6) is 0.0826. The Kier molecular flexibility index (Phi) is 4.15. The van der Waals surface area contributed by atoms with E-state index in [0.29, 0.717) is 6.61 Å². The molecule has 0 aromatic carbocycles. The molecule has 1 aromatic heterocycles. The van der Waals surface area contributed by atoms with Gasteiger partial charge in [0, 0.05) is 12.7 Å². The molecular formula is C11H17N3O3S. The fraction of sp³-hybridized carbons (Fsp3) is 0.545. The summed E-state index contributed by atoms with van der Waals surface area (Å²) in [6.07, 6.45) is 3.91. The van der Waals surface area contributed by atoms with Crippen molar-refractivity contribution in [3.63, 3.8) is 0 Å². The zero-order valence-electron chi connectivity index (χ0n) is 10.1. The van der Waals surface area contributed by atoms with Crippen LogP contribution < -0.4 is 9.88 Å². The Morgan fingerprint density at radius 3 is 2.78 bits per heavy atom. The second-order valence-corrected chi connectivity index (χ2v) is 5.78. The van der Waals surface area contributed by atoms with Crippen molar-refractivity contribution in [2.24, 2.45) is 5.14 Å². The van der Waals surface area contributed by atoms with Gasteiger partial charge in [0.1, 0.15) is 11.5 Å². The second-order valence-electron chi connectivity index (χ2n) is 4.25. The number of hydrogen-bond donors (Lipinski definition) is 1. The van der Waals surface area contributed by atoms with Crippen molar-refractivity contribution in [2.45, 2.75) is 17.7 Å². The molecule has 2 N–H and O–H groups in total. The summed E-state index contributed by atoms with van der Waals surface area (Å²) >= 11 is 0. The molecule has 0 aliphatic carbocycles. The zero-order valence-corrected chi connectivity index (χ0v) is 10.9. The van der Waals surface area contributed by atoms with Crippen LogP contribution in [-0.2, 0) is 10.0 Å². The minimum Gasteiger partial charge on any atom is -0.475 e. The molecule has 1 aliphatic rings. The molecule has 0 radical (unpaired) electrons. The number of primary sulfonamides is 1. The Bertz CT molecular complexity index is 498. The molecule has 0 unspecified atom stereocenters. The number of sulfonamides is 1. The number of ether oxygens (including phenoxy) is 1. The first-order valence-corrected chi connectivity index (χ1v) is 7.45. The maximum atomic E-state index is 11.3. The van der Waals surface area contributed by atoms with E-state index < -0.39 is 10.0 Å². The number of aromatic nitrogens is 1. The first-order chi connectivity index (χ1) is 8.57. The van der Waals surface area contributed by atoms with Gasteiger partial charge in [-0.05, 0) is 38.1 Å². The Balaban J connectivity index is 1.96. The minimum atomic E-state index is -3.78. The first-order valence-electron chi connectivity index (χ1n) is 5.90. The quantitative estimate of drug-likeness (QED) is 0.827. The fourth-order valence-electron chi connectivity index (χ4n) is 1.98. The molecular weight excluding hydrogens is 254 g/mol. The number of likely N-dealkylation sites (tertiary alicyclic amines) is 1. The smallest absolute Gasteiger partial charge is 0.243 e. The maximum absolute atomic E-state index is 11.3. The third-order valence-corrected chi connectivity index (χ3v) is 3.81. The summed E-state index contributed by atoms with van der Waals surface area (Å²) in [7, 11) is -3.78. The highest BCUT2D eigenvalue weighted by atomic mass is 32.2. The van der Waals surface area contributed by atoms with Crippen LogP contribution in [0.4, 0.5) is 0 Å². The van der Waals surface area contributed by atoms with Crippen molar-refractivity contribution >= 4 is 10.0 Å². The number of pyridine rings is 1. The molecule has 0 spiro atoms. The summed E-state index contributed by atoms with van der Waals surface area (Å²) in [6, 6.07) is 2.92. The molecule has 7 heteroatoms. The van der Waals surface area contributed by atoms with Gasteiger partial charge in [-0.15, -0.1) is 0 Å². The van der Waals surface area contributed by atoms with E-state index in [0.717, 1.165) is 19.6 Å². The van der Waals surface area contributed by atoms with Gasteiger partial charge in [0.05, 0.1) is 0 Å². The van der Waals surface area contributed by atoms with Crippen LogP contribution in [0.5, 0.6) is 5.88 Å². The van der Waals surface area contributed by atoms with E-state index in [1.165, 1.54) is 31.2 Å². The largest absolute Gasteiger partial charge is 0.475 e. The van der Waals surface area contributed by atoms with E-state index >= 15 is 0 Å². The fourth-order valence-corrected chi connectivity index (χ4v) is 2.60. The molecule has 1 aliphatic heterocycles. The topological polar surface area (TPSA) is 85.5 Å². The standard InChI is InChI=1S/C11H17N3O3S/c12-18(15,16)10-4-3-5-13-11(10)17-9-8-14-6-1-2-7-14/h3-5H,1-2,6-9H2,(H2,12,15,16).